The normalized spacial score (nSPS) is 12.6. The Bertz CT molecular complexity index is 748. The van der Waals surface area contributed by atoms with Crippen LogP contribution in [0.2, 0.25) is 10.0 Å². The Morgan fingerprint density at radius 2 is 1.60 bits per heavy atom. The van der Waals surface area contributed by atoms with Crippen LogP contribution in [-0.2, 0) is 0 Å². The average molecular weight is 304 g/mol. The van der Waals surface area contributed by atoms with Crippen LogP contribution in [0.5, 0.6) is 0 Å². The fourth-order valence-electron chi connectivity index (χ4n) is 2.27. The molecule has 1 heterocycles. The van der Waals surface area contributed by atoms with Crippen LogP contribution in [0.15, 0.2) is 54.7 Å². The van der Waals surface area contributed by atoms with Crippen molar-refractivity contribution in [2.75, 3.05) is 0 Å². The first-order chi connectivity index (χ1) is 9.68. The Hall–Kier alpha value is -1.61. The van der Waals surface area contributed by atoms with Crippen LogP contribution in [0.1, 0.15) is 17.4 Å². The maximum Gasteiger partial charge on any atom is 0.124 e. The molecule has 0 radical (unpaired) electrons. The minimum absolute atomic E-state index is 0.430. The van der Waals surface area contributed by atoms with Crippen LogP contribution in [0.4, 0.5) is 0 Å². The molecule has 1 N–H and O–H groups in total. The largest absolute Gasteiger partial charge is 0.382 e. The molecule has 4 heteroatoms. The van der Waals surface area contributed by atoms with Gasteiger partial charge in [-0.15, -0.1) is 0 Å². The maximum atomic E-state index is 10.6. The van der Waals surface area contributed by atoms with E-state index in [0.29, 0.717) is 21.3 Å². The standard InChI is InChI=1S/C16H11Cl2NO/c17-12-6-3-7-13(18)14(12)16(20)15-11-5-2-1-4-10(11)8-9-19-15/h1-9,16,20H/t16-/m0/s1. The molecule has 0 fully saturated rings. The molecular weight excluding hydrogens is 293 g/mol. The van der Waals surface area contributed by atoms with E-state index in [-0.39, 0.29) is 0 Å². The number of nitrogens with zero attached hydrogens (tertiary/aromatic N) is 1. The van der Waals surface area contributed by atoms with E-state index in [4.69, 9.17) is 23.2 Å². The zero-order chi connectivity index (χ0) is 14.1. The molecule has 2 nitrogen and oxygen atoms in total. The van der Waals surface area contributed by atoms with E-state index < -0.39 is 6.10 Å². The smallest absolute Gasteiger partial charge is 0.124 e. The number of aliphatic hydroxyl groups excluding tert-OH is 1. The van der Waals surface area contributed by atoms with Crippen molar-refractivity contribution in [3.8, 4) is 0 Å². The van der Waals surface area contributed by atoms with Crippen molar-refractivity contribution in [3.63, 3.8) is 0 Å². The Labute approximate surface area is 126 Å². The number of hydrogen-bond acceptors (Lipinski definition) is 2. The molecule has 100 valence electrons. The third kappa shape index (κ3) is 2.27. The monoisotopic (exact) mass is 303 g/mol. The summed E-state index contributed by atoms with van der Waals surface area (Å²) in [6.07, 6.45) is 0.716. The number of halogens is 2. The van der Waals surface area contributed by atoms with Crippen LogP contribution < -0.4 is 0 Å². The van der Waals surface area contributed by atoms with E-state index in [1.807, 2.05) is 30.3 Å². The Morgan fingerprint density at radius 1 is 0.900 bits per heavy atom. The van der Waals surface area contributed by atoms with Gasteiger partial charge >= 0.3 is 0 Å². The Kier molecular flexibility index (Phi) is 3.62. The highest BCUT2D eigenvalue weighted by Crippen LogP contribution is 2.35. The van der Waals surface area contributed by atoms with Gasteiger partial charge in [-0.3, -0.25) is 4.98 Å². The van der Waals surface area contributed by atoms with Crippen molar-refractivity contribution < 1.29 is 5.11 Å². The van der Waals surface area contributed by atoms with Crippen molar-refractivity contribution in [1.29, 1.82) is 0 Å². The summed E-state index contributed by atoms with van der Waals surface area (Å²) in [5.41, 5.74) is 1.04. The van der Waals surface area contributed by atoms with Crippen molar-refractivity contribution in [2.45, 2.75) is 6.10 Å². The van der Waals surface area contributed by atoms with Crippen molar-refractivity contribution in [1.82, 2.24) is 4.98 Å². The van der Waals surface area contributed by atoms with Gasteiger partial charge in [0.2, 0.25) is 0 Å². The summed E-state index contributed by atoms with van der Waals surface area (Å²) in [6, 6.07) is 14.8. The average Bonchev–Trinajstić information content (AvgIpc) is 2.46. The second kappa shape index (κ2) is 5.41. The predicted molar refractivity (Wildman–Crippen MR) is 82.3 cm³/mol. The minimum Gasteiger partial charge on any atom is -0.382 e. The lowest BCUT2D eigenvalue weighted by atomic mass is 10.0. The van der Waals surface area contributed by atoms with E-state index in [2.05, 4.69) is 4.98 Å². The van der Waals surface area contributed by atoms with E-state index in [9.17, 15) is 5.11 Å². The van der Waals surface area contributed by atoms with Crippen LogP contribution in [0, 0.1) is 0 Å². The third-order valence-electron chi connectivity index (χ3n) is 3.24. The molecule has 0 saturated carbocycles. The zero-order valence-corrected chi connectivity index (χ0v) is 11.9. The summed E-state index contributed by atoms with van der Waals surface area (Å²) in [4.78, 5) is 4.30. The molecule has 20 heavy (non-hydrogen) atoms. The van der Waals surface area contributed by atoms with E-state index >= 15 is 0 Å². The Morgan fingerprint density at radius 3 is 2.35 bits per heavy atom. The quantitative estimate of drug-likeness (QED) is 0.749. The lowest BCUT2D eigenvalue weighted by molar-refractivity contribution is 0.217. The third-order valence-corrected chi connectivity index (χ3v) is 3.90. The predicted octanol–water partition coefficient (Wildman–Crippen LogP) is 4.62. The van der Waals surface area contributed by atoms with Crippen LogP contribution in [0.3, 0.4) is 0 Å². The summed E-state index contributed by atoms with van der Waals surface area (Å²) in [5.74, 6) is 0. The van der Waals surface area contributed by atoms with Crippen molar-refractivity contribution >= 4 is 34.0 Å². The molecule has 0 spiro atoms. The Balaban J connectivity index is 2.21. The van der Waals surface area contributed by atoms with Gasteiger partial charge in [0, 0.05) is 27.2 Å². The summed E-state index contributed by atoms with van der Waals surface area (Å²) >= 11 is 12.3. The highest BCUT2D eigenvalue weighted by molar-refractivity contribution is 6.36. The lowest BCUT2D eigenvalue weighted by Crippen LogP contribution is -2.04. The summed E-state index contributed by atoms with van der Waals surface area (Å²) in [7, 11) is 0. The first-order valence-corrected chi connectivity index (χ1v) is 6.89. The number of rotatable bonds is 2. The molecule has 0 amide bonds. The first-order valence-electron chi connectivity index (χ1n) is 6.14. The van der Waals surface area contributed by atoms with Gasteiger partial charge in [-0.1, -0.05) is 53.5 Å². The second-order valence-electron chi connectivity index (χ2n) is 4.46. The van der Waals surface area contributed by atoms with Gasteiger partial charge in [-0.05, 0) is 23.6 Å². The fraction of sp³-hybridized carbons (Fsp3) is 0.0625. The SMILES string of the molecule is O[C@@H](c1c(Cl)cccc1Cl)c1nccc2ccccc12. The molecule has 0 bridgehead atoms. The molecule has 0 aliphatic carbocycles. The van der Waals surface area contributed by atoms with Crippen molar-refractivity contribution in [2.24, 2.45) is 0 Å². The van der Waals surface area contributed by atoms with Gasteiger partial charge < -0.3 is 5.11 Å². The lowest BCUT2D eigenvalue weighted by Gasteiger charge is -2.15. The second-order valence-corrected chi connectivity index (χ2v) is 5.27. The number of fused-ring (bicyclic) bond motifs is 1. The fourth-order valence-corrected chi connectivity index (χ4v) is 2.87. The number of aromatic nitrogens is 1. The summed E-state index contributed by atoms with van der Waals surface area (Å²) in [5, 5.41) is 13.4. The number of benzene rings is 2. The van der Waals surface area contributed by atoms with Gasteiger partial charge in [0.1, 0.15) is 6.10 Å². The molecule has 0 aliphatic rings. The molecule has 0 saturated heterocycles. The first kappa shape index (κ1) is 13.4. The molecule has 3 rings (SSSR count). The zero-order valence-electron chi connectivity index (χ0n) is 10.4. The van der Waals surface area contributed by atoms with Gasteiger partial charge in [0.15, 0.2) is 0 Å². The molecule has 2 aromatic carbocycles. The maximum absolute atomic E-state index is 10.6. The molecule has 1 aromatic heterocycles. The number of aliphatic hydroxyl groups is 1. The van der Waals surface area contributed by atoms with Crippen LogP contribution in [0.25, 0.3) is 10.8 Å². The molecule has 0 unspecified atom stereocenters. The molecule has 3 aromatic rings. The highest BCUT2D eigenvalue weighted by atomic mass is 35.5. The topological polar surface area (TPSA) is 33.1 Å². The van der Waals surface area contributed by atoms with E-state index in [1.54, 1.807) is 24.4 Å². The van der Waals surface area contributed by atoms with Crippen LogP contribution in [-0.4, -0.2) is 10.1 Å². The van der Waals surface area contributed by atoms with Gasteiger partial charge in [-0.25, -0.2) is 0 Å². The number of pyridine rings is 1. The van der Waals surface area contributed by atoms with E-state index in [1.165, 1.54) is 0 Å². The minimum atomic E-state index is -0.956. The van der Waals surface area contributed by atoms with Gasteiger partial charge in [-0.2, -0.15) is 0 Å². The van der Waals surface area contributed by atoms with E-state index in [0.717, 1.165) is 10.8 Å². The van der Waals surface area contributed by atoms with Crippen LogP contribution >= 0.6 is 23.2 Å². The van der Waals surface area contributed by atoms with Gasteiger partial charge in [0.25, 0.3) is 0 Å². The summed E-state index contributed by atoms with van der Waals surface area (Å²) < 4.78 is 0. The molecule has 1 atom stereocenters. The van der Waals surface area contributed by atoms with Gasteiger partial charge in [0.05, 0.1) is 5.69 Å². The molecular formula is C16H11Cl2NO. The molecule has 0 aliphatic heterocycles. The van der Waals surface area contributed by atoms with Crippen molar-refractivity contribution in [3.05, 3.63) is 76.0 Å². The number of hydrogen-bond donors (Lipinski definition) is 1. The highest BCUT2D eigenvalue weighted by Gasteiger charge is 2.20. The summed E-state index contributed by atoms with van der Waals surface area (Å²) in [6.45, 7) is 0.